The summed E-state index contributed by atoms with van der Waals surface area (Å²) in [5.74, 6) is 0. The number of nitrogens with zero attached hydrogens (tertiary/aromatic N) is 2. The molecule has 19 heavy (non-hydrogen) atoms. The lowest BCUT2D eigenvalue weighted by Crippen LogP contribution is -2.30. The normalized spacial score (nSPS) is 10.2. The Bertz CT molecular complexity index is 527. The van der Waals surface area contributed by atoms with Crippen molar-refractivity contribution in [2.75, 3.05) is 11.9 Å². The molecule has 0 spiro atoms. The quantitative estimate of drug-likeness (QED) is 0.826. The van der Waals surface area contributed by atoms with Crippen LogP contribution in [0.3, 0.4) is 0 Å². The lowest BCUT2D eigenvalue weighted by atomic mass is 10.3. The molecule has 0 aliphatic rings. The van der Waals surface area contributed by atoms with Gasteiger partial charge in [-0.2, -0.15) is 5.10 Å². The summed E-state index contributed by atoms with van der Waals surface area (Å²) < 4.78 is 1.83. The van der Waals surface area contributed by atoms with Crippen LogP contribution < -0.4 is 10.6 Å². The Labute approximate surface area is 116 Å². The van der Waals surface area contributed by atoms with E-state index >= 15 is 0 Å². The molecule has 0 atom stereocenters. The molecule has 2 rings (SSSR count). The van der Waals surface area contributed by atoms with Crippen LogP contribution in [0.1, 0.15) is 6.42 Å². The molecule has 0 aliphatic heterocycles. The minimum atomic E-state index is -0.234. The molecule has 1 heterocycles. The van der Waals surface area contributed by atoms with Crippen LogP contribution >= 0.6 is 11.6 Å². The number of benzene rings is 1. The summed E-state index contributed by atoms with van der Waals surface area (Å²) in [4.78, 5) is 11.6. The summed E-state index contributed by atoms with van der Waals surface area (Å²) in [5.41, 5.74) is 0.678. The number of carbonyl (C=O) groups is 1. The van der Waals surface area contributed by atoms with Crippen molar-refractivity contribution in [3.8, 4) is 0 Å². The highest BCUT2D eigenvalue weighted by Gasteiger charge is 2.01. The molecule has 2 N–H and O–H groups in total. The van der Waals surface area contributed by atoms with Crippen molar-refractivity contribution in [1.82, 2.24) is 15.1 Å². The lowest BCUT2D eigenvalue weighted by molar-refractivity contribution is 0.251. The number of hydrogen-bond donors (Lipinski definition) is 2. The summed E-state index contributed by atoms with van der Waals surface area (Å²) in [7, 11) is 0. The lowest BCUT2D eigenvalue weighted by Gasteiger charge is -2.07. The van der Waals surface area contributed by atoms with E-state index in [1.807, 2.05) is 16.9 Å². The Balaban J connectivity index is 1.67. The van der Waals surface area contributed by atoms with Crippen LogP contribution in [0.5, 0.6) is 0 Å². The van der Waals surface area contributed by atoms with Gasteiger partial charge >= 0.3 is 6.03 Å². The summed E-state index contributed by atoms with van der Waals surface area (Å²) in [6, 6.07) is 8.67. The van der Waals surface area contributed by atoms with Crippen LogP contribution in [0.15, 0.2) is 42.7 Å². The van der Waals surface area contributed by atoms with Gasteiger partial charge in [-0.15, -0.1) is 0 Å². The third kappa shape index (κ3) is 4.63. The van der Waals surface area contributed by atoms with E-state index in [1.54, 1.807) is 30.5 Å². The third-order valence-corrected chi connectivity index (χ3v) is 2.73. The van der Waals surface area contributed by atoms with Gasteiger partial charge in [0.15, 0.2) is 0 Å². The Morgan fingerprint density at radius 2 is 2.26 bits per heavy atom. The molecule has 5 nitrogen and oxygen atoms in total. The summed E-state index contributed by atoms with van der Waals surface area (Å²) in [5, 5.41) is 10.2. The number of nitrogens with one attached hydrogen (secondary N) is 2. The molecule has 1 aromatic carbocycles. The molecule has 0 saturated carbocycles. The first-order valence-electron chi connectivity index (χ1n) is 6.02. The highest BCUT2D eigenvalue weighted by molar-refractivity contribution is 6.30. The zero-order chi connectivity index (χ0) is 13.5. The molecule has 2 amide bonds. The average Bonchev–Trinajstić information content (AvgIpc) is 2.88. The summed E-state index contributed by atoms with van der Waals surface area (Å²) >= 11 is 5.83. The Morgan fingerprint density at radius 1 is 1.37 bits per heavy atom. The smallest absolute Gasteiger partial charge is 0.319 e. The first-order chi connectivity index (χ1) is 9.24. The van der Waals surface area contributed by atoms with Gasteiger partial charge in [-0.25, -0.2) is 4.79 Å². The van der Waals surface area contributed by atoms with Crippen LogP contribution in [0.25, 0.3) is 0 Å². The highest BCUT2D eigenvalue weighted by atomic mass is 35.5. The minimum absolute atomic E-state index is 0.234. The van der Waals surface area contributed by atoms with Crippen molar-refractivity contribution < 1.29 is 4.79 Å². The fourth-order valence-electron chi connectivity index (χ4n) is 1.62. The van der Waals surface area contributed by atoms with Crippen LogP contribution in [-0.4, -0.2) is 22.4 Å². The molecule has 0 unspecified atom stereocenters. The molecule has 0 saturated heterocycles. The maximum absolute atomic E-state index is 11.6. The Morgan fingerprint density at radius 3 is 3.00 bits per heavy atom. The van der Waals surface area contributed by atoms with E-state index in [-0.39, 0.29) is 6.03 Å². The molecule has 0 aliphatic carbocycles. The first-order valence-corrected chi connectivity index (χ1v) is 6.40. The second kappa shape index (κ2) is 6.80. The van der Waals surface area contributed by atoms with Gasteiger partial charge in [0.05, 0.1) is 0 Å². The molecule has 0 fully saturated rings. The maximum atomic E-state index is 11.6. The standard InChI is InChI=1S/C13H15ClN4O/c14-11-4-1-5-12(10-11)17-13(19)15-6-2-8-18-9-3-7-16-18/h1,3-5,7,9-10H,2,6,8H2,(H2,15,17,19). The van der Waals surface area contributed by atoms with E-state index in [1.165, 1.54) is 0 Å². The van der Waals surface area contributed by atoms with Gasteiger partial charge in [-0.1, -0.05) is 17.7 Å². The third-order valence-electron chi connectivity index (χ3n) is 2.49. The number of amides is 2. The minimum Gasteiger partial charge on any atom is -0.338 e. The van der Waals surface area contributed by atoms with Gasteiger partial charge in [-0.3, -0.25) is 4.68 Å². The number of hydrogen-bond acceptors (Lipinski definition) is 2. The second-order valence-corrected chi connectivity index (χ2v) is 4.45. The molecule has 0 bridgehead atoms. The molecule has 100 valence electrons. The number of urea groups is 1. The van der Waals surface area contributed by atoms with Crippen LogP contribution in [0.2, 0.25) is 5.02 Å². The zero-order valence-electron chi connectivity index (χ0n) is 10.3. The van der Waals surface area contributed by atoms with Crippen LogP contribution in [-0.2, 0) is 6.54 Å². The van der Waals surface area contributed by atoms with E-state index in [0.717, 1.165) is 13.0 Å². The fraction of sp³-hybridized carbons (Fsp3) is 0.231. The van der Waals surface area contributed by atoms with E-state index in [0.29, 0.717) is 17.3 Å². The summed E-state index contributed by atoms with van der Waals surface area (Å²) in [6.45, 7) is 1.37. The number of halogens is 1. The predicted octanol–water partition coefficient (Wildman–Crippen LogP) is 2.75. The first kappa shape index (κ1) is 13.4. The van der Waals surface area contributed by atoms with Crippen molar-refractivity contribution >= 4 is 23.3 Å². The Kier molecular flexibility index (Phi) is 4.80. The number of anilines is 1. The maximum Gasteiger partial charge on any atom is 0.319 e. The zero-order valence-corrected chi connectivity index (χ0v) is 11.1. The molecule has 6 heteroatoms. The number of aryl methyl sites for hydroxylation is 1. The Hall–Kier alpha value is -2.01. The van der Waals surface area contributed by atoms with Crippen molar-refractivity contribution in [2.45, 2.75) is 13.0 Å². The van der Waals surface area contributed by atoms with Gasteiger partial charge in [-0.05, 0) is 30.7 Å². The van der Waals surface area contributed by atoms with Gasteiger partial charge in [0, 0.05) is 36.2 Å². The molecule has 1 aromatic heterocycles. The predicted molar refractivity (Wildman–Crippen MR) is 75.3 cm³/mol. The number of carbonyl (C=O) groups excluding carboxylic acids is 1. The van der Waals surface area contributed by atoms with Gasteiger partial charge in [0.1, 0.15) is 0 Å². The van der Waals surface area contributed by atoms with E-state index in [4.69, 9.17) is 11.6 Å². The molecule has 0 radical (unpaired) electrons. The second-order valence-electron chi connectivity index (χ2n) is 4.01. The average molecular weight is 279 g/mol. The SMILES string of the molecule is O=C(NCCCn1cccn1)Nc1cccc(Cl)c1. The van der Waals surface area contributed by atoms with E-state index in [9.17, 15) is 4.79 Å². The largest absolute Gasteiger partial charge is 0.338 e. The monoisotopic (exact) mass is 278 g/mol. The van der Waals surface area contributed by atoms with Crippen LogP contribution in [0.4, 0.5) is 10.5 Å². The number of aromatic nitrogens is 2. The number of rotatable bonds is 5. The van der Waals surface area contributed by atoms with Gasteiger partial charge < -0.3 is 10.6 Å². The van der Waals surface area contributed by atoms with Crippen molar-refractivity contribution in [3.05, 3.63) is 47.7 Å². The van der Waals surface area contributed by atoms with E-state index in [2.05, 4.69) is 15.7 Å². The highest BCUT2D eigenvalue weighted by Crippen LogP contribution is 2.14. The topological polar surface area (TPSA) is 59.0 Å². The van der Waals surface area contributed by atoms with Crippen molar-refractivity contribution in [2.24, 2.45) is 0 Å². The molecule has 2 aromatic rings. The fourth-order valence-corrected chi connectivity index (χ4v) is 1.81. The van der Waals surface area contributed by atoms with Gasteiger partial charge in [0.25, 0.3) is 0 Å². The van der Waals surface area contributed by atoms with E-state index < -0.39 is 0 Å². The van der Waals surface area contributed by atoms with Crippen LogP contribution in [0, 0.1) is 0 Å². The summed E-state index contributed by atoms with van der Waals surface area (Å²) in [6.07, 6.45) is 4.45. The van der Waals surface area contributed by atoms with Crippen molar-refractivity contribution in [3.63, 3.8) is 0 Å². The molecular weight excluding hydrogens is 264 g/mol. The van der Waals surface area contributed by atoms with Gasteiger partial charge in [0.2, 0.25) is 0 Å². The van der Waals surface area contributed by atoms with Crippen molar-refractivity contribution in [1.29, 1.82) is 0 Å². The molecular formula is C13H15ClN4O.